The van der Waals surface area contributed by atoms with E-state index in [2.05, 4.69) is 5.73 Å². The third kappa shape index (κ3) is 3.90. The maximum Gasteiger partial charge on any atom is 0.123 e. The van der Waals surface area contributed by atoms with Crippen molar-refractivity contribution in [3.05, 3.63) is 30.1 Å². The van der Waals surface area contributed by atoms with E-state index in [0.29, 0.717) is 6.61 Å². The number of hydrogen-bond acceptors (Lipinski definition) is 1. The second kappa shape index (κ2) is 5.54. The van der Waals surface area contributed by atoms with E-state index < -0.39 is 0 Å². The minimum atomic E-state index is -0.231. The Kier molecular flexibility index (Phi) is 4.26. The van der Waals surface area contributed by atoms with Gasteiger partial charge in [-0.15, -0.1) is 0 Å². The van der Waals surface area contributed by atoms with Crippen molar-refractivity contribution in [2.24, 2.45) is 0 Å². The highest BCUT2D eigenvalue weighted by Crippen LogP contribution is 2.11. The van der Waals surface area contributed by atoms with Crippen LogP contribution in [-0.2, 0) is 0 Å². The molecular weight excluding hydrogens is 169 g/mol. The smallest absolute Gasteiger partial charge is 0.123 e. The second-order valence-electron chi connectivity index (χ2n) is 2.86. The van der Waals surface area contributed by atoms with Gasteiger partial charge in [-0.3, -0.25) is 0 Å². The van der Waals surface area contributed by atoms with Crippen LogP contribution in [0.4, 0.5) is 4.39 Å². The minimum Gasteiger partial charge on any atom is -0.494 e. The van der Waals surface area contributed by atoms with Gasteiger partial charge in [0.05, 0.1) is 13.2 Å². The van der Waals surface area contributed by atoms with Gasteiger partial charge >= 0.3 is 0 Å². The van der Waals surface area contributed by atoms with Crippen molar-refractivity contribution in [3.63, 3.8) is 0 Å². The summed E-state index contributed by atoms with van der Waals surface area (Å²) < 4.78 is 17.8. The number of halogens is 1. The zero-order chi connectivity index (χ0) is 9.52. The normalized spacial score (nSPS) is 10.0. The topological polar surface area (TPSA) is 36.9 Å². The molecule has 0 unspecified atom stereocenters. The molecule has 0 bridgehead atoms. The van der Waals surface area contributed by atoms with Crippen LogP contribution in [0.3, 0.4) is 0 Å². The Bertz CT molecular complexity index is 235. The Morgan fingerprint density at radius 2 is 1.85 bits per heavy atom. The van der Waals surface area contributed by atoms with Crippen molar-refractivity contribution in [1.29, 1.82) is 0 Å². The van der Waals surface area contributed by atoms with Gasteiger partial charge in [0, 0.05) is 0 Å². The SMILES string of the molecule is [NH3+]CCCCOc1ccc(F)cc1. The Morgan fingerprint density at radius 3 is 2.46 bits per heavy atom. The maximum atomic E-state index is 12.5. The van der Waals surface area contributed by atoms with E-state index in [1.165, 1.54) is 12.1 Å². The first-order valence-electron chi connectivity index (χ1n) is 4.50. The molecule has 1 rings (SSSR count). The Morgan fingerprint density at radius 1 is 1.15 bits per heavy atom. The van der Waals surface area contributed by atoms with Crippen LogP contribution in [0.2, 0.25) is 0 Å². The average molecular weight is 184 g/mol. The predicted octanol–water partition coefficient (Wildman–Crippen LogP) is 1.23. The number of quaternary nitrogens is 1. The number of benzene rings is 1. The van der Waals surface area contributed by atoms with Crippen molar-refractivity contribution in [2.45, 2.75) is 12.8 Å². The van der Waals surface area contributed by atoms with Gasteiger partial charge in [-0.2, -0.15) is 0 Å². The standard InChI is InChI=1S/C10H14FNO/c11-9-3-5-10(6-4-9)13-8-2-1-7-12/h3-6H,1-2,7-8,12H2/p+1. The van der Waals surface area contributed by atoms with E-state index in [4.69, 9.17) is 4.74 Å². The Labute approximate surface area is 77.5 Å². The number of rotatable bonds is 5. The fourth-order valence-corrected chi connectivity index (χ4v) is 1.000. The highest BCUT2D eigenvalue weighted by Gasteiger charge is 1.94. The molecule has 72 valence electrons. The van der Waals surface area contributed by atoms with Gasteiger partial charge < -0.3 is 10.5 Å². The molecule has 13 heavy (non-hydrogen) atoms. The summed E-state index contributed by atoms with van der Waals surface area (Å²) in [4.78, 5) is 0. The van der Waals surface area contributed by atoms with Crippen LogP contribution in [-0.4, -0.2) is 13.2 Å². The lowest BCUT2D eigenvalue weighted by molar-refractivity contribution is -0.368. The molecule has 0 saturated heterocycles. The summed E-state index contributed by atoms with van der Waals surface area (Å²) in [5.74, 6) is 0.496. The van der Waals surface area contributed by atoms with Crippen LogP contribution in [0.1, 0.15) is 12.8 Å². The van der Waals surface area contributed by atoms with Crippen molar-refractivity contribution < 1.29 is 14.9 Å². The lowest BCUT2D eigenvalue weighted by Crippen LogP contribution is -2.50. The molecule has 0 aliphatic rings. The van der Waals surface area contributed by atoms with Gasteiger partial charge in [-0.25, -0.2) is 4.39 Å². The Hall–Kier alpha value is -1.09. The molecular formula is C10H15FNO+. The monoisotopic (exact) mass is 184 g/mol. The van der Waals surface area contributed by atoms with Gasteiger partial charge in [-0.05, 0) is 37.1 Å². The quantitative estimate of drug-likeness (QED) is 0.686. The summed E-state index contributed by atoms with van der Waals surface area (Å²) in [5.41, 5.74) is 3.74. The highest BCUT2D eigenvalue weighted by atomic mass is 19.1. The highest BCUT2D eigenvalue weighted by molar-refractivity contribution is 5.21. The van der Waals surface area contributed by atoms with E-state index in [9.17, 15) is 4.39 Å². The molecule has 0 radical (unpaired) electrons. The largest absolute Gasteiger partial charge is 0.494 e. The molecule has 0 amide bonds. The molecule has 0 saturated carbocycles. The first kappa shape index (κ1) is 9.99. The molecule has 0 heterocycles. The summed E-state index contributed by atoms with van der Waals surface area (Å²) in [5, 5.41) is 0. The summed E-state index contributed by atoms with van der Waals surface area (Å²) >= 11 is 0. The fourth-order valence-electron chi connectivity index (χ4n) is 1.000. The maximum absolute atomic E-state index is 12.5. The van der Waals surface area contributed by atoms with Gasteiger partial charge in [-0.1, -0.05) is 0 Å². The third-order valence-electron chi connectivity index (χ3n) is 1.73. The van der Waals surface area contributed by atoms with Crippen LogP contribution in [0.25, 0.3) is 0 Å². The van der Waals surface area contributed by atoms with Crippen molar-refractivity contribution >= 4 is 0 Å². The van der Waals surface area contributed by atoms with Gasteiger partial charge in [0.25, 0.3) is 0 Å². The van der Waals surface area contributed by atoms with Crippen molar-refractivity contribution in [1.82, 2.24) is 0 Å². The molecule has 2 nitrogen and oxygen atoms in total. The van der Waals surface area contributed by atoms with Gasteiger partial charge in [0.1, 0.15) is 11.6 Å². The zero-order valence-electron chi connectivity index (χ0n) is 7.63. The predicted molar refractivity (Wildman–Crippen MR) is 48.9 cm³/mol. The van der Waals surface area contributed by atoms with Crippen molar-refractivity contribution in [2.75, 3.05) is 13.2 Å². The lowest BCUT2D eigenvalue weighted by Gasteiger charge is -2.04. The number of hydrogen-bond donors (Lipinski definition) is 1. The van der Waals surface area contributed by atoms with E-state index in [-0.39, 0.29) is 5.82 Å². The van der Waals surface area contributed by atoms with E-state index in [1.54, 1.807) is 12.1 Å². The van der Waals surface area contributed by atoms with Crippen LogP contribution in [0.15, 0.2) is 24.3 Å². The molecule has 3 heteroatoms. The summed E-state index contributed by atoms with van der Waals surface area (Å²) in [6.45, 7) is 1.62. The first-order valence-corrected chi connectivity index (χ1v) is 4.50. The van der Waals surface area contributed by atoms with E-state index in [1.807, 2.05) is 0 Å². The molecule has 3 N–H and O–H groups in total. The third-order valence-corrected chi connectivity index (χ3v) is 1.73. The van der Waals surface area contributed by atoms with E-state index in [0.717, 1.165) is 25.1 Å². The number of ether oxygens (including phenoxy) is 1. The van der Waals surface area contributed by atoms with Crippen LogP contribution in [0.5, 0.6) is 5.75 Å². The average Bonchev–Trinajstić information content (AvgIpc) is 2.15. The molecule has 1 aromatic rings. The van der Waals surface area contributed by atoms with Gasteiger partial charge in [0.2, 0.25) is 0 Å². The first-order chi connectivity index (χ1) is 6.33. The summed E-state index contributed by atoms with van der Waals surface area (Å²) in [6, 6.07) is 6.08. The van der Waals surface area contributed by atoms with E-state index >= 15 is 0 Å². The minimum absolute atomic E-state index is 0.231. The van der Waals surface area contributed by atoms with Crippen LogP contribution in [0, 0.1) is 5.82 Å². The molecule has 0 aliphatic carbocycles. The van der Waals surface area contributed by atoms with Crippen molar-refractivity contribution in [3.8, 4) is 5.75 Å². The number of unbranched alkanes of at least 4 members (excludes halogenated alkanes) is 1. The molecule has 0 spiro atoms. The second-order valence-corrected chi connectivity index (χ2v) is 2.86. The van der Waals surface area contributed by atoms with Crippen LogP contribution >= 0.6 is 0 Å². The fraction of sp³-hybridized carbons (Fsp3) is 0.400. The van der Waals surface area contributed by atoms with Gasteiger partial charge in [0.15, 0.2) is 0 Å². The molecule has 0 aromatic heterocycles. The summed E-state index contributed by atoms with van der Waals surface area (Å²) in [6.07, 6.45) is 2.07. The molecule has 0 atom stereocenters. The lowest BCUT2D eigenvalue weighted by atomic mass is 10.3. The zero-order valence-corrected chi connectivity index (χ0v) is 7.63. The molecule has 0 fully saturated rings. The molecule has 0 aliphatic heterocycles. The summed E-state index contributed by atoms with van der Waals surface area (Å²) in [7, 11) is 0. The molecule has 1 aromatic carbocycles. The van der Waals surface area contributed by atoms with Crippen LogP contribution < -0.4 is 10.5 Å². The Balaban J connectivity index is 2.25.